The molecule has 1 aliphatic carbocycles. The van der Waals surface area contributed by atoms with Crippen LogP contribution in [0.1, 0.15) is 18.4 Å². The molecule has 66 valence electrons. The molecule has 0 N–H and O–H groups in total. The monoisotopic (exact) mass is 174 g/mol. The molecule has 1 saturated carbocycles. The second-order valence-electron chi connectivity index (χ2n) is 3.41. The third-order valence-corrected chi connectivity index (χ3v) is 2.60. The van der Waals surface area contributed by atoms with Gasteiger partial charge in [0.25, 0.3) is 0 Å². The van der Waals surface area contributed by atoms with E-state index in [0.717, 1.165) is 5.56 Å². The van der Waals surface area contributed by atoms with E-state index in [9.17, 15) is 9.59 Å². The lowest BCUT2D eigenvalue weighted by molar-refractivity contribution is -0.148. The SMILES string of the molecule is CC1C(=O)C(=O)C1c1ccccc1. The van der Waals surface area contributed by atoms with Crippen LogP contribution in [0.25, 0.3) is 0 Å². The molecule has 2 nitrogen and oxygen atoms in total. The van der Waals surface area contributed by atoms with Gasteiger partial charge in [0, 0.05) is 5.92 Å². The van der Waals surface area contributed by atoms with Crippen LogP contribution in [0, 0.1) is 5.92 Å². The van der Waals surface area contributed by atoms with Crippen LogP contribution in [-0.4, -0.2) is 11.6 Å². The quantitative estimate of drug-likeness (QED) is 0.605. The maximum atomic E-state index is 11.2. The van der Waals surface area contributed by atoms with Crippen molar-refractivity contribution in [2.75, 3.05) is 0 Å². The number of ketones is 2. The molecule has 0 radical (unpaired) electrons. The molecule has 1 aliphatic rings. The van der Waals surface area contributed by atoms with Crippen molar-refractivity contribution >= 4 is 11.6 Å². The zero-order chi connectivity index (χ0) is 9.42. The van der Waals surface area contributed by atoms with E-state index in [1.165, 1.54) is 0 Å². The lowest BCUT2D eigenvalue weighted by Crippen LogP contribution is -2.44. The average Bonchev–Trinajstić information content (AvgIpc) is 2.19. The number of rotatable bonds is 1. The molecular formula is C11H10O2. The van der Waals surface area contributed by atoms with Crippen molar-refractivity contribution in [3.05, 3.63) is 35.9 Å². The van der Waals surface area contributed by atoms with E-state index in [1.807, 2.05) is 30.3 Å². The predicted molar refractivity (Wildman–Crippen MR) is 48.4 cm³/mol. The molecule has 2 atom stereocenters. The van der Waals surface area contributed by atoms with Crippen molar-refractivity contribution in [1.82, 2.24) is 0 Å². The summed E-state index contributed by atoms with van der Waals surface area (Å²) < 4.78 is 0. The van der Waals surface area contributed by atoms with Crippen LogP contribution in [-0.2, 0) is 9.59 Å². The summed E-state index contributed by atoms with van der Waals surface area (Å²) in [6.45, 7) is 1.81. The van der Waals surface area contributed by atoms with Crippen molar-refractivity contribution in [1.29, 1.82) is 0 Å². The fourth-order valence-corrected chi connectivity index (χ4v) is 1.76. The Labute approximate surface area is 76.6 Å². The summed E-state index contributed by atoms with van der Waals surface area (Å²) in [5.74, 6) is -0.781. The lowest BCUT2D eigenvalue weighted by atomic mass is 9.69. The summed E-state index contributed by atoms with van der Waals surface area (Å²) in [5, 5.41) is 0. The van der Waals surface area contributed by atoms with E-state index < -0.39 is 0 Å². The van der Waals surface area contributed by atoms with Gasteiger partial charge in [0.05, 0.1) is 5.92 Å². The van der Waals surface area contributed by atoms with Crippen molar-refractivity contribution < 1.29 is 9.59 Å². The zero-order valence-electron chi connectivity index (χ0n) is 7.36. The molecule has 0 aromatic heterocycles. The van der Waals surface area contributed by atoms with Gasteiger partial charge < -0.3 is 0 Å². The molecule has 1 aromatic carbocycles. The Morgan fingerprint density at radius 3 is 2.15 bits per heavy atom. The summed E-state index contributed by atoms with van der Waals surface area (Å²) in [6, 6.07) is 9.46. The molecular weight excluding hydrogens is 164 g/mol. The van der Waals surface area contributed by atoms with Crippen molar-refractivity contribution in [2.45, 2.75) is 12.8 Å². The molecule has 13 heavy (non-hydrogen) atoms. The Morgan fingerprint density at radius 2 is 1.62 bits per heavy atom. The largest absolute Gasteiger partial charge is 0.291 e. The Bertz CT molecular complexity index is 354. The number of hydrogen-bond acceptors (Lipinski definition) is 2. The normalized spacial score (nSPS) is 27.2. The zero-order valence-corrected chi connectivity index (χ0v) is 7.36. The molecule has 0 heterocycles. The number of Topliss-reactive ketones (excluding diaryl/α,β-unsaturated/α-hetero) is 2. The Morgan fingerprint density at radius 1 is 1.00 bits per heavy atom. The molecule has 1 fully saturated rings. The molecule has 0 bridgehead atoms. The fourth-order valence-electron chi connectivity index (χ4n) is 1.76. The summed E-state index contributed by atoms with van der Waals surface area (Å²) in [4.78, 5) is 22.2. The first-order chi connectivity index (χ1) is 6.22. The van der Waals surface area contributed by atoms with Gasteiger partial charge in [0.2, 0.25) is 11.6 Å². The number of carbonyl (C=O) groups is 2. The van der Waals surface area contributed by atoms with Crippen LogP contribution in [0.3, 0.4) is 0 Å². The second kappa shape index (κ2) is 2.80. The summed E-state index contributed by atoms with van der Waals surface area (Å²) in [5.41, 5.74) is 0.958. The summed E-state index contributed by atoms with van der Waals surface area (Å²) in [7, 11) is 0. The first kappa shape index (κ1) is 8.17. The molecule has 1 aromatic rings. The molecule has 2 unspecified atom stereocenters. The van der Waals surface area contributed by atoms with Crippen molar-refractivity contribution in [3.63, 3.8) is 0 Å². The molecule has 2 rings (SSSR count). The molecule has 0 spiro atoms. The van der Waals surface area contributed by atoms with E-state index in [2.05, 4.69) is 0 Å². The van der Waals surface area contributed by atoms with Crippen LogP contribution >= 0.6 is 0 Å². The highest BCUT2D eigenvalue weighted by atomic mass is 16.2. The van der Waals surface area contributed by atoms with Gasteiger partial charge >= 0.3 is 0 Å². The smallest absolute Gasteiger partial charge is 0.206 e. The summed E-state index contributed by atoms with van der Waals surface area (Å²) in [6.07, 6.45) is 0. The highest BCUT2D eigenvalue weighted by molar-refractivity contribution is 6.47. The minimum absolute atomic E-state index is 0.130. The van der Waals surface area contributed by atoms with Gasteiger partial charge in [0.1, 0.15) is 0 Å². The van der Waals surface area contributed by atoms with E-state index >= 15 is 0 Å². The van der Waals surface area contributed by atoms with E-state index in [1.54, 1.807) is 6.92 Å². The Balaban J connectivity index is 2.30. The fraction of sp³-hybridized carbons (Fsp3) is 0.273. The third-order valence-electron chi connectivity index (χ3n) is 2.60. The van der Waals surface area contributed by atoms with Crippen LogP contribution in [0.2, 0.25) is 0 Å². The van der Waals surface area contributed by atoms with Crippen molar-refractivity contribution in [2.24, 2.45) is 5.92 Å². The Hall–Kier alpha value is -1.44. The molecule has 0 saturated heterocycles. The maximum Gasteiger partial charge on any atom is 0.206 e. The van der Waals surface area contributed by atoms with Crippen LogP contribution in [0.4, 0.5) is 0 Å². The minimum Gasteiger partial charge on any atom is -0.291 e. The Kier molecular flexibility index (Phi) is 1.76. The topological polar surface area (TPSA) is 34.1 Å². The van der Waals surface area contributed by atoms with E-state index in [4.69, 9.17) is 0 Å². The molecule has 0 amide bonds. The molecule has 0 aliphatic heterocycles. The first-order valence-corrected chi connectivity index (χ1v) is 4.35. The van der Waals surface area contributed by atoms with E-state index in [-0.39, 0.29) is 23.4 Å². The van der Waals surface area contributed by atoms with Crippen LogP contribution in [0.5, 0.6) is 0 Å². The second-order valence-corrected chi connectivity index (χ2v) is 3.41. The predicted octanol–water partition coefficient (Wildman–Crippen LogP) is 1.56. The molecule has 2 heteroatoms. The third kappa shape index (κ3) is 1.10. The minimum atomic E-state index is -0.237. The van der Waals surface area contributed by atoms with Crippen LogP contribution < -0.4 is 0 Å². The van der Waals surface area contributed by atoms with Gasteiger partial charge in [-0.3, -0.25) is 9.59 Å². The number of hydrogen-bond donors (Lipinski definition) is 0. The summed E-state index contributed by atoms with van der Waals surface area (Å²) >= 11 is 0. The van der Waals surface area contributed by atoms with Gasteiger partial charge in [-0.05, 0) is 5.56 Å². The highest BCUT2D eigenvalue weighted by Gasteiger charge is 2.46. The van der Waals surface area contributed by atoms with Gasteiger partial charge in [-0.15, -0.1) is 0 Å². The lowest BCUT2D eigenvalue weighted by Gasteiger charge is -2.30. The highest BCUT2D eigenvalue weighted by Crippen LogP contribution is 2.35. The average molecular weight is 174 g/mol. The van der Waals surface area contributed by atoms with Gasteiger partial charge in [-0.2, -0.15) is 0 Å². The van der Waals surface area contributed by atoms with Gasteiger partial charge in [0.15, 0.2) is 0 Å². The standard InChI is InChI=1S/C11H10O2/c1-7-9(11(13)10(7)12)8-5-3-2-4-6-8/h2-7,9H,1H3. The maximum absolute atomic E-state index is 11.2. The number of benzene rings is 1. The van der Waals surface area contributed by atoms with E-state index in [0.29, 0.717) is 0 Å². The van der Waals surface area contributed by atoms with Gasteiger partial charge in [-0.25, -0.2) is 0 Å². The van der Waals surface area contributed by atoms with Crippen molar-refractivity contribution in [3.8, 4) is 0 Å². The number of carbonyl (C=O) groups excluding carboxylic acids is 2. The van der Waals surface area contributed by atoms with Crippen LogP contribution in [0.15, 0.2) is 30.3 Å². The van der Waals surface area contributed by atoms with Gasteiger partial charge in [-0.1, -0.05) is 37.3 Å². The first-order valence-electron chi connectivity index (χ1n) is 4.35.